The molecule has 13 heteroatoms. The van der Waals surface area contributed by atoms with Crippen LogP contribution in [-0.4, -0.2) is 66.8 Å². The van der Waals surface area contributed by atoms with Crippen LogP contribution in [0.25, 0.3) is 0 Å². The maximum atomic E-state index is 14.1. The number of alkyl halides is 3. The van der Waals surface area contributed by atoms with Crippen LogP contribution in [0.5, 0.6) is 6.01 Å². The minimum absolute atomic E-state index is 0.0210. The fraction of sp³-hybridized carbons (Fsp3) is 0.531. The maximum Gasteiger partial charge on any atom is 0.417 e. The van der Waals surface area contributed by atoms with Crippen LogP contribution in [0, 0.1) is 17.8 Å². The molecule has 242 valence electrons. The normalized spacial score (nSPS) is 24.1. The molecule has 45 heavy (non-hydrogen) atoms. The van der Waals surface area contributed by atoms with Gasteiger partial charge >= 0.3 is 18.2 Å². The molecule has 0 bridgehead atoms. The average molecular weight is 632 g/mol. The van der Waals surface area contributed by atoms with Crippen LogP contribution in [0.2, 0.25) is 0 Å². The van der Waals surface area contributed by atoms with Crippen molar-refractivity contribution in [1.82, 2.24) is 14.9 Å². The van der Waals surface area contributed by atoms with Gasteiger partial charge in [0.25, 0.3) is 0 Å². The van der Waals surface area contributed by atoms with Crippen molar-refractivity contribution in [3.8, 4) is 17.9 Å². The monoisotopic (exact) mass is 631 g/mol. The zero-order valence-corrected chi connectivity index (χ0v) is 25.5. The fourth-order valence-electron chi connectivity index (χ4n) is 6.41. The smallest absolute Gasteiger partial charge is 0.417 e. The second kappa shape index (κ2) is 13.6. The topological polar surface area (TPSA) is 103 Å². The van der Waals surface area contributed by atoms with Gasteiger partial charge in [0, 0.05) is 48.3 Å². The summed E-state index contributed by atoms with van der Waals surface area (Å²) in [7, 11) is 1.40. The first kappa shape index (κ1) is 32.5. The van der Waals surface area contributed by atoms with Crippen molar-refractivity contribution in [2.24, 2.45) is 5.92 Å². The molecule has 0 aliphatic carbocycles. The Balaban J connectivity index is 0.000000336. The highest BCUT2D eigenvalue weighted by molar-refractivity contribution is 5.76. The summed E-state index contributed by atoms with van der Waals surface area (Å²) < 4.78 is 70.7. The summed E-state index contributed by atoms with van der Waals surface area (Å²) in [6.45, 7) is 6.18. The summed E-state index contributed by atoms with van der Waals surface area (Å²) in [5.41, 5.74) is 6.95. The molecular formula is C32H37F4N5O4. The van der Waals surface area contributed by atoms with Gasteiger partial charge in [-0.1, -0.05) is 12.8 Å². The number of fused-ring (bicyclic) bond motifs is 2. The van der Waals surface area contributed by atoms with E-state index in [1.807, 2.05) is 6.92 Å². The number of nitrogens with two attached hydrogens (primary N) is 1. The first-order valence-electron chi connectivity index (χ1n) is 14.9. The van der Waals surface area contributed by atoms with Crippen LogP contribution in [0.15, 0.2) is 24.0 Å². The van der Waals surface area contributed by atoms with Gasteiger partial charge in [-0.25, -0.2) is 4.39 Å². The van der Waals surface area contributed by atoms with Gasteiger partial charge in [-0.15, -0.1) is 5.92 Å². The Morgan fingerprint density at radius 1 is 1.20 bits per heavy atom. The number of aromatic nitrogens is 2. The molecule has 0 saturated carbocycles. The minimum Gasteiger partial charge on any atom is -0.467 e. The highest BCUT2D eigenvalue weighted by Crippen LogP contribution is 2.43. The Kier molecular flexibility index (Phi) is 9.84. The molecule has 2 N–H and O–H groups in total. The second-order valence-electron chi connectivity index (χ2n) is 11.8. The highest BCUT2D eigenvalue weighted by atomic mass is 19.4. The number of benzene rings is 1. The van der Waals surface area contributed by atoms with E-state index in [0.717, 1.165) is 24.9 Å². The van der Waals surface area contributed by atoms with Crippen LogP contribution >= 0.6 is 0 Å². The van der Waals surface area contributed by atoms with E-state index in [-0.39, 0.29) is 54.9 Å². The fourth-order valence-corrected chi connectivity index (χ4v) is 6.41. The molecule has 0 spiro atoms. The second-order valence-corrected chi connectivity index (χ2v) is 11.8. The van der Waals surface area contributed by atoms with Crippen molar-refractivity contribution < 1.29 is 36.6 Å². The van der Waals surface area contributed by atoms with E-state index in [9.17, 15) is 22.4 Å². The van der Waals surface area contributed by atoms with Crippen LogP contribution in [0.3, 0.4) is 0 Å². The third-order valence-corrected chi connectivity index (χ3v) is 8.36. The van der Waals surface area contributed by atoms with Gasteiger partial charge < -0.3 is 24.8 Å². The number of carbonyl (C=O) groups is 1. The Bertz CT molecular complexity index is 1510. The summed E-state index contributed by atoms with van der Waals surface area (Å²) in [4.78, 5) is 25.1. The number of nitrogens with zero attached hydrogens (tertiary/aromatic N) is 4. The Morgan fingerprint density at radius 3 is 2.69 bits per heavy atom. The number of carbonyl (C=O) groups excluding carboxylic acids is 1. The number of hydrogen-bond donors (Lipinski definition) is 1. The van der Waals surface area contributed by atoms with E-state index in [4.69, 9.17) is 19.9 Å². The molecule has 1 aromatic carbocycles. The third-order valence-electron chi connectivity index (χ3n) is 8.36. The number of halogens is 4. The van der Waals surface area contributed by atoms with Crippen LogP contribution in [-0.2, 0) is 33.5 Å². The van der Waals surface area contributed by atoms with Gasteiger partial charge in [-0.2, -0.15) is 23.1 Å². The number of anilines is 2. The molecule has 3 unspecified atom stereocenters. The van der Waals surface area contributed by atoms with Gasteiger partial charge in [-0.05, 0) is 56.0 Å². The standard InChI is InChI=1S/C24H25F3N4O4.C8H12FN/c1-4-5-14-6-15(28)7-16(21(14)24(25,26)27)19-8-18-17(12-34-19)22(30-23(29-18)33-3)31-9-13(2)11-35-20(32)10-31;9-5-7-4-8-2-1-3-10(8)6-7/h6-7,13,19H,8-12,28H2,1-3H3;5,8H,1-4,6H2/b;7-5-. The number of ether oxygens (including phenoxy) is 3. The summed E-state index contributed by atoms with van der Waals surface area (Å²) in [5, 5.41) is 0. The average Bonchev–Trinajstić information content (AvgIpc) is 3.56. The number of esters is 1. The number of cyclic esters (lactones) is 1. The van der Waals surface area contributed by atoms with E-state index in [1.165, 1.54) is 45.6 Å². The number of rotatable bonds is 3. The van der Waals surface area contributed by atoms with Gasteiger partial charge in [0.15, 0.2) is 0 Å². The molecule has 4 aliphatic rings. The van der Waals surface area contributed by atoms with Crippen molar-refractivity contribution >= 4 is 17.5 Å². The van der Waals surface area contributed by atoms with E-state index in [2.05, 4.69) is 26.7 Å². The lowest BCUT2D eigenvalue weighted by Gasteiger charge is -2.31. The molecule has 5 heterocycles. The molecule has 9 nitrogen and oxygen atoms in total. The number of methoxy groups -OCH3 is 1. The quantitative estimate of drug-likeness (QED) is 0.218. The van der Waals surface area contributed by atoms with Crippen molar-refractivity contribution in [3.63, 3.8) is 0 Å². The summed E-state index contributed by atoms with van der Waals surface area (Å²) in [5.74, 6) is 5.12. The third kappa shape index (κ3) is 7.34. The molecule has 0 amide bonds. The van der Waals surface area contributed by atoms with Crippen LogP contribution < -0.4 is 15.4 Å². The molecule has 0 radical (unpaired) electrons. The van der Waals surface area contributed by atoms with Gasteiger partial charge in [0.1, 0.15) is 12.4 Å². The molecule has 3 fully saturated rings. The Morgan fingerprint density at radius 2 is 2.00 bits per heavy atom. The highest BCUT2D eigenvalue weighted by Gasteiger charge is 2.40. The first-order valence-corrected chi connectivity index (χ1v) is 14.9. The van der Waals surface area contributed by atoms with E-state index >= 15 is 0 Å². The Labute approximate surface area is 259 Å². The largest absolute Gasteiger partial charge is 0.467 e. The Hall–Kier alpha value is -3.89. The van der Waals surface area contributed by atoms with Crippen LogP contribution in [0.4, 0.5) is 29.1 Å². The van der Waals surface area contributed by atoms with Crippen LogP contribution in [0.1, 0.15) is 67.2 Å². The lowest BCUT2D eigenvalue weighted by Crippen LogP contribution is -2.34. The maximum absolute atomic E-state index is 14.1. The van der Waals surface area contributed by atoms with Gasteiger partial charge in [-0.3, -0.25) is 9.69 Å². The summed E-state index contributed by atoms with van der Waals surface area (Å²) in [6, 6.07) is 3.21. The van der Waals surface area contributed by atoms with Crippen molar-refractivity contribution in [2.45, 2.75) is 64.5 Å². The molecule has 6 rings (SSSR count). The SMILES string of the molecule is CC#Cc1cc(N)cc(C2Cc3nc(OC)nc(N4CC(=O)OCC(C)C4)c3CO2)c1C(F)(F)F.F/C=C1/CC2CCCN2C1. The molecule has 3 saturated heterocycles. The summed E-state index contributed by atoms with van der Waals surface area (Å²) in [6.07, 6.45) is -1.25. The predicted molar refractivity (Wildman–Crippen MR) is 159 cm³/mol. The minimum atomic E-state index is -4.66. The van der Waals surface area contributed by atoms with Gasteiger partial charge in [0.05, 0.1) is 44.0 Å². The molecule has 1 aromatic heterocycles. The van der Waals surface area contributed by atoms with E-state index in [1.54, 1.807) is 4.90 Å². The number of nitrogen functional groups attached to an aromatic ring is 1. The van der Waals surface area contributed by atoms with Crippen molar-refractivity contribution in [3.05, 3.63) is 52.0 Å². The van der Waals surface area contributed by atoms with Crippen molar-refractivity contribution in [1.29, 1.82) is 0 Å². The molecule has 2 aromatic rings. The molecule has 3 atom stereocenters. The molecule has 4 aliphatic heterocycles. The van der Waals surface area contributed by atoms with E-state index < -0.39 is 23.8 Å². The first-order chi connectivity index (χ1) is 21.5. The van der Waals surface area contributed by atoms with Gasteiger partial charge in [0.2, 0.25) is 0 Å². The predicted octanol–water partition coefficient (Wildman–Crippen LogP) is 4.98. The summed E-state index contributed by atoms with van der Waals surface area (Å²) >= 11 is 0. The zero-order chi connectivity index (χ0) is 32.3. The number of hydrogen-bond acceptors (Lipinski definition) is 9. The zero-order valence-electron chi connectivity index (χ0n) is 25.5. The lowest BCUT2D eigenvalue weighted by molar-refractivity contribution is -0.142. The molecular weight excluding hydrogens is 594 g/mol. The van der Waals surface area contributed by atoms with E-state index in [0.29, 0.717) is 29.7 Å². The lowest BCUT2D eigenvalue weighted by atomic mass is 9.91. The van der Waals surface area contributed by atoms with Crippen molar-refractivity contribution in [2.75, 3.05) is 50.5 Å².